The van der Waals surface area contributed by atoms with Gasteiger partial charge < -0.3 is 14.2 Å². The van der Waals surface area contributed by atoms with Crippen LogP contribution in [0.15, 0.2) is 59.5 Å². The van der Waals surface area contributed by atoms with Crippen LogP contribution in [0.1, 0.15) is 16.7 Å². The molecule has 5 rings (SSSR count). The van der Waals surface area contributed by atoms with Crippen LogP contribution in [0.4, 0.5) is 4.79 Å². The summed E-state index contributed by atoms with van der Waals surface area (Å²) in [5.41, 5.74) is 2.11. The Morgan fingerprint density at radius 3 is 2.51 bits per heavy atom. The molecule has 0 atom stereocenters. The maximum absolute atomic E-state index is 13.0. The van der Waals surface area contributed by atoms with Gasteiger partial charge in [-0.1, -0.05) is 53.0 Å². The fourth-order valence-corrected chi connectivity index (χ4v) is 5.05. The second-order valence-corrected chi connectivity index (χ2v) is 9.91. The smallest absolute Gasteiger partial charge is 0.293 e. The normalized spacial score (nSPS) is 15.9. The molecule has 0 aliphatic carbocycles. The minimum Gasteiger partial charge on any atom is -0.489 e. The first-order valence-corrected chi connectivity index (χ1v) is 12.3. The zero-order chi connectivity index (χ0) is 24.5. The van der Waals surface area contributed by atoms with Gasteiger partial charge in [0.25, 0.3) is 11.1 Å². The quantitative estimate of drug-likeness (QED) is 0.304. The van der Waals surface area contributed by atoms with Gasteiger partial charge in [-0.3, -0.25) is 14.5 Å². The average Bonchev–Trinajstić information content (AvgIpc) is 3.38. The topological polar surface area (TPSA) is 65.1 Å². The van der Waals surface area contributed by atoms with Crippen molar-refractivity contribution >= 4 is 63.8 Å². The average molecular weight is 549 g/mol. The summed E-state index contributed by atoms with van der Waals surface area (Å²) in [4.78, 5) is 27.1. The lowest BCUT2D eigenvalue weighted by molar-refractivity contribution is -0.123. The molecule has 0 unspecified atom stereocenters. The van der Waals surface area contributed by atoms with E-state index in [-0.39, 0.29) is 25.2 Å². The number of hydrogen-bond donors (Lipinski definition) is 0. The molecule has 0 bridgehead atoms. The number of hydrogen-bond acceptors (Lipinski definition) is 6. The van der Waals surface area contributed by atoms with Crippen molar-refractivity contribution in [1.82, 2.24) is 4.90 Å². The Bertz CT molecular complexity index is 1380. The third kappa shape index (κ3) is 5.23. The van der Waals surface area contributed by atoms with E-state index in [4.69, 9.17) is 49.0 Å². The van der Waals surface area contributed by atoms with E-state index in [9.17, 15) is 9.59 Å². The van der Waals surface area contributed by atoms with Crippen molar-refractivity contribution in [3.63, 3.8) is 0 Å². The molecule has 0 radical (unpaired) electrons. The Balaban J connectivity index is 1.29. The van der Waals surface area contributed by atoms with E-state index in [1.807, 2.05) is 6.07 Å². The van der Waals surface area contributed by atoms with Crippen LogP contribution in [0.3, 0.4) is 0 Å². The number of carbonyl (C=O) groups excluding carboxylic acids is 2. The number of nitrogens with zero attached hydrogens (tertiary/aromatic N) is 1. The third-order valence-corrected chi connectivity index (χ3v) is 7.16. The highest BCUT2D eigenvalue weighted by molar-refractivity contribution is 8.18. The largest absolute Gasteiger partial charge is 0.489 e. The summed E-state index contributed by atoms with van der Waals surface area (Å²) in [7, 11) is 0. The van der Waals surface area contributed by atoms with Crippen molar-refractivity contribution < 1.29 is 23.8 Å². The van der Waals surface area contributed by atoms with E-state index in [2.05, 4.69) is 0 Å². The van der Waals surface area contributed by atoms with Crippen LogP contribution in [0.5, 0.6) is 17.2 Å². The minimum absolute atomic E-state index is 0.0302. The van der Waals surface area contributed by atoms with Gasteiger partial charge in [0, 0.05) is 26.7 Å². The zero-order valence-electron chi connectivity index (χ0n) is 17.9. The third-order valence-electron chi connectivity index (χ3n) is 5.31. The predicted octanol–water partition coefficient (Wildman–Crippen LogP) is 7.19. The molecule has 3 aromatic rings. The van der Waals surface area contributed by atoms with Crippen LogP contribution in [0.25, 0.3) is 6.08 Å². The van der Waals surface area contributed by atoms with Crippen molar-refractivity contribution in [2.24, 2.45) is 0 Å². The number of carbonyl (C=O) groups is 2. The van der Waals surface area contributed by atoms with Crippen molar-refractivity contribution in [2.45, 2.75) is 13.2 Å². The number of amides is 2. The van der Waals surface area contributed by atoms with E-state index in [1.165, 1.54) is 0 Å². The highest BCUT2D eigenvalue weighted by atomic mass is 35.5. The number of thioether (sulfide) groups is 1. The van der Waals surface area contributed by atoms with Gasteiger partial charge in [-0.25, -0.2) is 0 Å². The molecule has 2 aliphatic rings. The second kappa shape index (κ2) is 10.0. The van der Waals surface area contributed by atoms with E-state index >= 15 is 0 Å². The first-order valence-electron chi connectivity index (χ1n) is 10.4. The molecule has 1 saturated heterocycles. The van der Waals surface area contributed by atoms with Crippen LogP contribution in [-0.4, -0.2) is 22.8 Å². The maximum atomic E-state index is 13.0. The molecule has 0 spiro atoms. The Labute approximate surface area is 220 Å². The molecule has 6 nitrogen and oxygen atoms in total. The molecular formula is C25H16Cl3NO5S. The number of ether oxygens (including phenoxy) is 3. The summed E-state index contributed by atoms with van der Waals surface area (Å²) < 4.78 is 16.5. The van der Waals surface area contributed by atoms with Gasteiger partial charge in [-0.2, -0.15) is 0 Å². The summed E-state index contributed by atoms with van der Waals surface area (Å²) in [6, 6.07) is 15.7. The molecule has 1 fully saturated rings. The Kier molecular flexibility index (Phi) is 6.84. The van der Waals surface area contributed by atoms with Gasteiger partial charge in [0.15, 0.2) is 11.5 Å². The molecule has 10 heteroatoms. The first kappa shape index (κ1) is 23.9. The fourth-order valence-electron chi connectivity index (χ4n) is 3.53. The molecule has 2 amide bonds. The molecule has 2 aliphatic heterocycles. The number of benzene rings is 3. The Morgan fingerprint density at radius 2 is 1.71 bits per heavy atom. The van der Waals surface area contributed by atoms with Crippen LogP contribution in [0.2, 0.25) is 15.1 Å². The molecule has 0 N–H and O–H groups in total. The second-order valence-electron chi connectivity index (χ2n) is 7.66. The summed E-state index contributed by atoms with van der Waals surface area (Å²) in [5, 5.41) is 1.09. The van der Waals surface area contributed by atoms with E-state index < -0.39 is 5.91 Å². The van der Waals surface area contributed by atoms with Crippen molar-refractivity contribution in [2.75, 3.05) is 6.79 Å². The van der Waals surface area contributed by atoms with Crippen molar-refractivity contribution in [3.8, 4) is 17.2 Å². The minimum atomic E-state index is -0.395. The lowest BCUT2D eigenvalue weighted by atomic mass is 10.1. The summed E-state index contributed by atoms with van der Waals surface area (Å²) in [5.74, 6) is 1.26. The zero-order valence-corrected chi connectivity index (χ0v) is 21.0. The lowest BCUT2D eigenvalue weighted by Crippen LogP contribution is -2.27. The van der Waals surface area contributed by atoms with Gasteiger partial charge >= 0.3 is 0 Å². The number of imide groups is 1. The van der Waals surface area contributed by atoms with Crippen LogP contribution >= 0.6 is 46.6 Å². The highest BCUT2D eigenvalue weighted by Crippen LogP contribution is 2.39. The van der Waals surface area contributed by atoms with Crippen molar-refractivity contribution in [1.29, 1.82) is 0 Å². The monoisotopic (exact) mass is 547 g/mol. The van der Waals surface area contributed by atoms with Gasteiger partial charge in [0.1, 0.15) is 12.4 Å². The van der Waals surface area contributed by atoms with Gasteiger partial charge in [-0.05, 0) is 59.3 Å². The molecule has 0 saturated carbocycles. The van der Waals surface area contributed by atoms with Crippen molar-refractivity contribution in [3.05, 3.63) is 91.3 Å². The van der Waals surface area contributed by atoms with Gasteiger partial charge in [-0.15, -0.1) is 0 Å². The number of fused-ring (bicyclic) bond motifs is 1. The molecular weight excluding hydrogens is 533 g/mol. The number of halogens is 3. The van der Waals surface area contributed by atoms with E-state index in [0.717, 1.165) is 27.8 Å². The summed E-state index contributed by atoms with van der Waals surface area (Å²) in [6.07, 6.45) is 1.66. The Morgan fingerprint density at radius 1 is 0.943 bits per heavy atom. The number of rotatable bonds is 6. The SMILES string of the molecule is O=C1S/C(=C\c2cccc(OCc3ccc(Cl)cc3Cl)c2)C(=O)N1Cc1cc2c(cc1Cl)OCO2. The van der Waals surface area contributed by atoms with E-state index in [0.29, 0.717) is 42.8 Å². The van der Waals surface area contributed by atoms with Gasteiger partial charge in [0.05, 0.1) is 11.4 Å². The van der Waals surface area contributed by atoms with Crippen LogP contribution in [0, 0.1) is 0 Å². The van der Waals surface area contributed by atoms with E-state index in [1.54, 1.807) is 54.6 Å². The first-order chi connectivity index (χ1) is 16.9. The Hall–Kier alpha value is -2.84. The molecule has 35 heavy (non-hydrogen) atoms. The molecule has 178 valence electrons. The maximum Gasteiger partial charge on any atom is 0.293 e. The molecule has 0 aromatic heterocycles. The lowest BCUT2D eigenvalue weighted by Gasteiger charge is -2.14. The van der Waals surface area contributed by atoms with Crippen LogP contribution in [-0.2, 0) is 17.9 Å². The van der Waals surface area contributed by atoms with Gasteiger partial charge in [0.2, 0.25) is 6.79 Å². The molecule has 2 heterocycles. The standard InChI is InChI=1S/C25H16Cl3NO5S/c26-17-5-4-15(19(27)9-17)12-32-18-3-1-2-14(6-18)7-23-24(30)29(25(31)35-23)11-16-8-21-22(10-20(16)28)34-13-33-21/h1-10H,11-13H2/b23-7-. The fraction of sp³-hybridized carbons (Fsp3) is 0.120. The molecule has 3 aromatic carbocycles. The van der Waals surface area contributed by atoms with Crippen LogP contribution < -0.4 is 14.2 Å². The summed E-state index contributed by atoms with van der Waals surface area (Å²) in [6.45, 7) is 0.393. The highest BCUT2D eigenvalue weighted by Gasteiger charge is 2.35. The summed E-state index contributed by atoms with van der Waals surface area (Å²) >= 11 is 19.3. The predicted molar refractivity (Wildman–Crippen MR) is 136 cm³/mol.